The number of epoxide rings is 1. The number of hydrogen-bond acceptors (Lipinski definition) is 6. The number of hydrogen-bond donors (Lipinski definition) is 3. The van der Waals surface area contributed by atoms with Crippen LogP contribution >= 0.6 is 0 Å². The summed E-state index contributed by atoms with van der Waals surface area (Å²) in [5.74, 6) is 0.161. The van der Waals surface area contributed by atoms with E-state index in [1.54, 1.807) is 6.92 Å². The summed E-state index contributed by atoms with van der Waals surface area (Å²) in [5.41, 5.74) is 10.1. The maximum Gasteiger partial charge on any atom is 0.243 e. The zero-order valence-corrected chi connectivity index (χ0v) is 31.7. The second kappa shape index (κ2) is 19.2. The summed E-state index contributed by atoms with van der Waals surface area (Å²) in [4.78, 5) is 58.6. The summed E-state index contributed by atoms with van der Waals surface area (Å²) < 4.78 is 5.44. The van der Waals surface area contributed by atoms with Gasteiger partial charge < -0.3 is 20.7 Å². The van der Waals surface area contributed by atoms with Gasteiger partial charge >= 0.3 is 0 Å². The molecule has 3 N–H and O–H groups in total. The van der Waals surface area contributed by atoms with Crippen LogP contribution in [0.3, 0.4) is 0 Å². The molecule has 11 heteroatoms. The van der Waals surface area contributed by atoms with Gasteiger partial charge in [-0.1, -0.05) is 125 Å². The third-order valence-corrected chi connectivity index (χ3v) is 11.5. The van der Waals surface area contributed by atoms with Gasteiger partial charge in [0.1, 0.15) is 23.7 Å². The molecule has 3 fully saturated rings. The maximum absolute atomic E-state index is 14.4. The molecule has 1 aliphatic heterocycles. The highest BCUT2D eigenvalue weighted by molar-refractivity contribution is 5.98. The lowest BCUT2D eigenvalue weighted by molar-refractivity contribution is -0.134. The predicted octanol–water partition coefficient (Wildman–Crippen LogP) is 6.79. The second-order valence-electron chi connectivity index (χ2n) is 16.2. The average molecular weight is 727 g/mol. The fourth-order valence-electron chi connectivity index (χ4n) is 8.35. The summed E-state index contributed by atoms with van der Waals surface area (Å²) in [6, 6.07) is 14.9. The molecule has 53 heavy (non-hydrogen) atoms. The SMILES string of the molecule is CC(C)C[C@H](NC(=O)[C@H](Cc1ccccc1)NC(=O)[C@H](CC1CCC(C2CCCCC2)CC1)NC(=O)C(Cc1ccccc1)N=[N+]=[N-])C(=O)[C@@]1(C)CO1. The zero-order valence-electron chi connectivity index (χ0n) is 31.7. The van der Waals surface area contributed by atoms with Crippen LogP contribution in [0.4, 0.5) is 0 Å². The van der Waals surface area contributed by atoms with E-state index < -0.39 is 47.5 Å². The van der Waals surface area contributed by atoms with Crippen LogP contribution in [0.1, 0.15) is 103 Å². The third kappa shape index (κ3) is 11.9. The smallest absolute Gasteiger partial charge is 0.243 e. The molecular weight excluding hydrogens is 668 g/mol. The number of nitrogens with zero attached hydrogens (tertiary/aromatic N) is 3. The van der Waals surface area contributed by atoms with Crippen LogP contribution < -0.4 is 16.0 Å². The summed E-state index contributed by atoms with van der Waals surface area (Å²) in [5, 5.41) is 12.7. The van der Waals surface area contributed by atoms with Gasteiger partial charge in [-0.15, -0.1) is 0 Å². The van der Waals surface area contributed by atoms with E-state index in [1.165, 1.54) is 32.1 Å². The van der Waals surface area contributed by atoms with Gasteiger partial charge in [0.05, 0.1) is 12.6 Å². The minimum absolute atomic E-state index is 0.126. The van der Waals surface area contributed by atoms with Crippen LogP contribution in [0.25, 0.3) is 10.4 Å². The first-order valence-electron chi connectivity index (χ1n) is 19.8. The number of amides is 3. The zero-order chi connectivity index (χ0) is 37.8. The van der Waals surface area contributed by atoms with Gasteiger partial charge in [0.2, 0.25) is 17.7 Å². The van der Waals surface area contributed by atoms with E-state index in [0.717, 1.165) is 42.7 Å². The number of Topliss-reactive ketones (excluding diaryl/α,β-unsaturated/α-hetero) is 1. The van der Waals surface area contributed by atoms with E-state index in [0.29, 0.717) is 25.4 Å². The molecule has 1 saturated heterocycles. The number of rotatable bonds is 18. The molecule has 2 saturated carbocycles. The lowest BCUT2D eigenvalue weighted by atomic mass is 9.70. The van der Waals surface area contributed by atoms with Crippen LogP contribution in [-0.4, -0.2) is 59.9 Å². The molecule has 11 nitrogen and oxygen atoms in total. The van der Waals surface area contributed by atoms with Crippen molar-refractivity contribution in [1.82, 2.24) is 16.0 Å². The number of ketones is 1. The highest BCUT2D eigenvalue weighted by Gasteiger charge is 2.50. The number of carbonyl (C=O) groups is 4. The highest BCUT2D eigenvalue weighted by Crippen LogP contribution is 2.41. The Morgan fingerprint density at radius 2 is 1.28 bits per heavy atom. The molecule has 2 aliphatic carbocycles. The van der Waals surface area contributed by atoms with Crippen molar-refractivity contribution in [2.45, 2.75) is 134 Å². The third-order valence-electron chi connectivity index (χ3n) is 11.5. The molecule has 3 amide bonds. The van der Waals surface area contributed by atoms with Crippen LogP contribution in [0.5, 0.6) is 0 Å². The summed E-state index contributed by atoms with van der Waals surface area (Å²) in [7, 11) is 0. The van der Waals surface area contributed by atoms with Crippen LogP contribution in [-0.2, 0) is 36.8 Å². The van der Waals surface area contributed by atoms with Crippen LogP contribution in [0.2, 0.25) is 0 Å². The average Bonchev–Trinajstić information content (AvgIpc) is 3.92. The van der Waals surface area contributed by atoms with E-state index in [4.69, 9.17) is 4.74 Å². The van der Waals surface area contributed by atoms with Crippen molar-refractivity contribution >= 4 is 23.5 Å². The van der Waals surface area contributed by atoms with Gasteiger partial charge in [0.25, 0.3) is 0 Å². The normalized spacial score (nSPS) is 23.8. The Hall–Kier alpha value is -4.21. The minimum Gasteiger partial charge on any atom is -0.361 e. The topological polar surface area (TPSA) is 166 Å². The van der Waals surface area contributed by atoms with Gasteiger partial charge in [-0.3, -0.25) is 19.2 Å². The molecule has 5 rings (SSSR count). The molecule has 2 aromatic carbocycles. The first kappa shape index (κ1) is 40.0. The van der Waals surface area contributed by atoms with Gasteiger partial charge in [0.15, 0.2) is 5.78 Å². The van der Waals surface area contributed by atoms with Gasteiger partial charge in [-0.2, -0.15) is 0 Å². The fraction of sp³-hybridized carbons (Fsp3) is 0.619. The monoisotopic (exact) mass is 726 g/mol. The summed E-state index contributed by atoms with van der Waals surface area (Å²) >= 11 is 0. The van der Waals surface area contributed by atoms with Crippen molar-refractivity contribution in [3.8, 4) is 0 Å². The first-order chi connectivity index (χ1) is 25.5. The summed E-state index contributed by atoms with van der Waals surface area (Å²) in [6.45, 7) is 6.02. The van der Waals surface area contributed by atoms with Crippen molar-refractivity contribution in [3.63, 3.8) is 0 Å². The Kier molecular flexibility index (Phi) is 14.5. The van der Waals surface area contributed by atoms with Crippen molar-refractivity contribution in [1.29, 1.82) is 0 Å². The lowest BCUT2D eigenvalue weighted by Crippen LogP contribution is -2.58. The quantitative estimate of drug-likeness (QED) is 0.0665. The van der Waals surface area contributed by atoms with Gasteiger partial charge in [-0.25, -0.2) is 0 Å². The molecule has 2 aromatic rings. The molecular formula is C42H58N6O5. The van der Waals surface area contributed by atoms with Crippen molar-refractivity contribution in [3.05, 3.63) is 82.2 Å². The molecule has 5 atom stereocenters. The largest absolute Gasteiger partial charge is 0.361 e. The van der Waals surface area contributed by atoms with E-state index in [-0.39, 0.29) is 30.5 Å². The number of azide groups is 1. The standard InChI is InChI=1S/C42H58N6O5/c1-28(2)23-34(38(49)42(3)27-53-42)44-39(50)35(24-29-13-7-4-8-14-29)45-40(51)36(25-31-19-21-33(22-20-31)32-17-11-6-12-18-32)46-41(52)37(47-48-43)26-30-15-9-5-10-16-30/h4-5,7-10,13-16,28,31-37H,6,11-12,17-27H2,1-3H3,(H,44,50)(H,45,51)(H,46,52)/t31?,33?,34-,35-,36-,37?,42+/m0/s1. The van der Waals surface area contributed by atoms with Crippen molar-refractivity contribution < 1.29 is 23.9 Å². The Balaban J connectivity index is 1.35. The molecule has 0 aromatic heterocycles. The van der Waals surface area contributed by atoms with E-state index in [9.17, 15) is 24.7 Å². The van der Waals surface area contributed by atoms with Crippen LogP contribution in [0.15, 0.2) is 65.8 Å². The van der Waals surface area contributed by atoms with Crippen molar-refractivity contribution in [2.24, 2.45) is 28.8 Å². The first-order valence-corrected chi connectivity index (χ1v) is 19.8. The summed E-state index contributed by atoms with van der Waals surface area (Å²) in [6.07, 6.45) is 11.9. The van der Waals surface area contributed by atoms with Gasteiger partial charge in [-0.05, 0) is 79.4 Å². The Morgan fingerprint density at radius 1 is 0.755 bits per heavy atom. The highest BCUT2D eigenvalue weighted by atomic mass is 16.6. The predicted molar refractivity (Wildman–Crippen MR) is 204 cm³/mol. The molecule has 0 bridgehead atoms. The lowest BCUT2D eigenvalue weighted by Gasteiger charge is -2.37. The number of ether oxygens (including phenoxy) is 1. The number of carbonyl (C=O) groups excluding carboxylic acids is 4. The van der Waals surface area contributed by atoms with Crippen LogP contribution in [0, 0.1) is 23.7 Å². The van der Waals surface area contributed by atoms with Gasteiger partial charge in [0, 0.05) is 11.3 Å². The molecule has 1 unspecified atom stereocenters. The second-order valence-corrected chi connectivity index (χ2v) is 16.2. The van der Waals surface area contributed by atoms with E-state index in [2.05, 4.69) is 26.0 Å². The Morgan fingerprint density at radius 3 is 1.85 bits per heavy atom. The molecule has 0 spiro atoms. The Bertz CT molecular complexity index is 1560. The maximum atomic E-state index is 14.4. The van der Waals surface area contributed by atoms with E-state index in [1.807, 2.05) is 74.5 Å². The molecule has 1 heterocycles. The minimum atomic E-state index is -1.06. The number of nitrogens with one attached hydrogen (secondary N) is 3. The molecule has 3 aliphatic rings. The Labute approximate surface area is 314 Å². The number of benzene rings is 2. The molecule has 286 valence electrons. The van der Waals surface area contributed by atoms with E-state index >= 15 is 0 Å². The van der Waals surface area contributed by atoms with Crippen molar-refractivity contribution in [2.75, 3.05) is 6.61 Å². The molecule has 0 radical (unpaired) electrons. The fourth-order valence-corrected chi connectivity index (χ4v) is 8.35.